The van der Waals surface area contributed by atoms with Crippen molar-refractivity contribution in [1.82, 2.24) is 0 Å². The van der Waals surface area contributed by atoms with Crippen molar-refractivity contribution in [1.29, 1.82) is 0 Å². The second-order valence-electron chi connectivity index (χ2n) is 19.6. The third-order valence-electron chi connectivity index (χ3n) is 13.3. The van der Waals surface area contributed by atoms with E-state index in [1.54, 1.807) is 5.57 Å². The van der Waals surface area contributed by atoms with Gasteiger partial charge in [0.2, 0.25) is 0 Å². The molecule has 3 fully saturated rings. The Labute approximate surface area is 308 Å². The number of hydrogen-bond donors (Lipinski definition) is 1. The molecule has 3 nitrogen and oxygen atoms in total. The van der Waals surface area contributed by atoms with Gasteiger partial charge in [-0.1, -0.05) is 97.4 Å². The molecule has 0 bridgehead atoms. The number of aliphatic hydroxyl groups is 1. The standard InChI is InChI=1S/C43H72O3SSi2/c1-29-19-21-33(37-24-23-36(40(29)37)30(2)28-47-35-18-16-17-34(27-35)43(10,11)44)22-20-32-25-38(45-48(12,13)41(4,5)6)31(3)39(26-32)46-49(14,15)42(7,8)9/h16-18,20,22,27,29-30,36-40,44H,3,19,21,23-26,28H2,1-2,4-15H3/t29?,30-,36?,37?,38+,39+,40?/m0/s1. The number of hydrogen-bond acceptors (Lipinski definition) is 4. The lowest BCUT2D eigenvalue weighted by Crippen LogP contribution is -2.49. The maximum Gasteiger partial charge on any atom is 0.192 e. The minimum atomic E-state index is -1.99. The van der Waals surface area contributed by atoms with Gasteiger partial charge in [0, 0.05) is 10.6 Å². The molecule has 0 amide bonds. The highest BCUT2D eigenvalue weighted by atomic mass is 32.2. The Bertz CT molecular complexity index is 1330. The summed E-state index contributed by atoms with van der Waals surface area (Å²) in [5, 5.41) is 10.8. The summed E-state index contributed by atoms with van der Waals surface area (Å²) in [6.07, 6.45) is 12.1. The van der Waals surface area contributed by atoms with Gasteiger partial charge in [0.25, 0.3) is 0 Å². The molecule has 0 saturated heterocycles. The summed E-state index contributed by atoms with van der Waals surface area (Å²) in [5.74, 6) is 4.81. The number of fused-ring (bicyclic) bond motifs is 1. The Morgan fingerprint density at radius 2 is 1.47 bits per heavy atom. The smallest absolute Gasteiger partial charge is 0.192 e. The zero-order chi connectivity index (χ0) is 36.7. The quantitative estimate of drug-likeness (QED) is 0.148. The zero-order valence-electron chi connectivity index (χ0n) is 33.8. The lowest BCUT2D eigenvalue weighted by Gasteiger charge is -2.46. The van der Waals surface area contributed by atoms with Crippen LogP contribution in [0.1, 0.15) is 113 Å². The predicted octanol–water partition coefficient (Wildman–Crippen LogP) is 12.7. The molecule has 3 aliphatic rings. The molecule has 49 heavy (non-hydrogen) atoms. The van der Waals surface area contributed by atoms with Gasteiger partial charge in [0.05, 0.1) is 17.8 Å². The molecule has 6 heteroatoms. The molecule has 276 valence electrons. The molecule has 1 N–H and O–H groups in total. The van der Waals surface area contributed by atoms with Gasteiger partial charge in [-0.2, -0.15) is 0 Å². The molecule has 0 aromatic heterocycles. The van der Waals surface area contributed by atoms with Gasteiger partial charge in [-0.15, -0.1) is 11.8 Å². The predicted molar refractivity (Wildman–Crippen MR) is 218 cm³/mol. The van der Waals surface area contributed by atoms with E-state index in [1.165, 1.54) is 36.2 Å². The molecule has 1 aromatic rings. The normalized spacial score (nSPS) is 28.9. The Morgan fingerprint density at radius 3 is 2.00 bits per heavy atom. The van der Waals surface area contributed by atoms with E-state index in [-0.39, 0.29) is 22.3 Å². The van der Waals surface area contributed by atoms with Crippen LogP contribution in [0.25, 0.3) is 0 Å². The van der Waals surface area contributed by atoms with Gasteiger partial charge in [0.15, 0.2) is 16.6 Å². The Balaban J connectivity index is 1.53. The van der Waals surface area contributed by atoms with Crippen LogP contribution in [0.3, 0.4) is 0 Å². The van der Waals surface area contributed by atoms with Crippen molar-refractivity contribution in [3.63, 3.8) is 0 Å². The Morgan fingerprint density at radius 1 is 0.898 bits per heavy atom. The number of thioether (sulfide) groups is 1. The van der Waals surface area contributed by atoms with E-state index in [4.69, 9.17) is 8.85 Å². The van der Waals surface area contributed by atoms with Gasteiger partial charge < -0.3 is 14.0 Å². The summed E-state index contributed by atoms with van der Waals surface area (Å²) in [6, 6.07) is 8.50. The number of rotatable bonds is 10. The van der Waals surface area contributed by atoms with E-state index >= 15 is 0 Å². The lowest BCUT2D eigenvalue weighted by molar-refractivity contribution is 0.0784. The van der Waals surface area contributed by atoms with Gasteiger partial charge in [-0.05, 0) is 141 Å². The molecule has 0 heterocycles. The topological polar surface area (TPSA) is 38.7 Å². The average Bonchev–Trinajstić information content (AvgIpc) is 3.43. The van der Waals surface area contributed by atoms with Crippen LogP contribution in [0.2, 0.25) is 36.3 Å². The van der Waals surface area contributed by atoms with E-state index in [0.717, 1.165) is 47.5 Å². The van der Waals surface area contributed by atoms with Gasteiger partial charge in [0.1, 0.15) is 0 Å². The molecule has 3 saturated carbocycles. The first kappa shape index (κ1) is 40.9. The average molecular weight is 725 g/mol. The monoisotopic (exact) mass is 724 g/mol. The lowest BCUT2D eigenvalue weighted by atomic mass is 9.67. The van der Waals surface area contributed by atoms with Crippen molar-refractivity contribution in [3.8, 4) is 0 Å². The van der Waals surface area contributed by atoms with Crippen molar-refractivity contribution >= 4 is 28.4 Å². The van der Waals surface area contributed by atoms with E-state index in [0.29, 0.717) is 11.8 Å². The van der Waals surface area contributed by atoms with E-state index in [1.807, 2.05) is 31.7 Å². The second-order valence-corrected chi connectivity index (χ2v) is 30.2. The van der Waals surface area contributed by atoms with E-state index < -0.39 is 22.2 Å². The van der Waals surface area contributed by atoms with Gasteiger partial charge >= 0.3 is 0 Å². The summed E-state index contributed by atoms with van der Waals surface area (Å²) < 4.78 is 14.2. The van der Waals surface area contributed by atoms with Gasteiger partial charge in [-0.25, -0.2) is 0 Å². The van der Waals surface area contributed by atoms with Crippen LogP contribution in [-0.2, 0) is 14.5 Å². The van der Waals surface area contributed by atoms with Crippen molar-refractivity contribution in [2.45, 2.75) is 167 Å². The summed E-state index contributed by atoms with van der Waals surface area (Å²) in [5.41, 5.74) is 4.50. The molecule has 0 spiro atoms. The minimum Gasteiger partial charge on any atom is -0.410 e. The molecule has 3 aliphatic carbocycles. The largest absolute Gasteiger partial charge is 0.410 e. The first-order valence-corrected chi connectivity index (χ1v) is 26.1. The summed E-state index contributed by atoms with van der Waals surface area (Å²) in [4.78, 5) is 1.27. The SMILES string of the molecule is C=C1[C@H](O[Si](C)(C)C(C)(C)C)CC(=CC=C2CCC(C)C3C2CCC3[C@@H](C)CSc2cccc(C(C)(C)O)c2)C[C@H]1O[Si](C)(C)C(C)(C)C. The molecule has 0 aliphatic heterocycles. The van der Waals surface area contributed by atoms with Crippen LogP contribution < -0.4 is 0 Å². The van der Waals surface area contributed by atoms with Crippen LogP contribution in [0.5, 0.6) is 0 Å². The molecular formula is C43H72O3SSi2. The molecule has 7 atom stereocenters. The van der Waals surface area contributed by atoms with E-state index in [2.05, 4.69) is 119 Å². The highest BCUT2D eigenvalue weighted by Gasteiger charge is 2.46. The maximum absolute atomic E-state index is 10.5. The minimum absolute atomic E-state index is 0.0199. The highest BCUT2D eigenvalue weighted by molar-refractivity contribution is 7.99. The third kappa shape index (κ3) is 9.76. The fraction of sp³-hybridized carbons (Fsp3) is 0.721. The summed E-state index contributed by atoms with van der Waals surface area (Å²) >= 11 is 1.97. The zero-order valence-corrected chi connectivity index (χ0v) is 36.7. The van der Waals surface area contributed by atoms with Crippen molar-refractivity contribution in [3.05, 3.63) is 65.3 Å². The van der Waals surface area contributed by atoms with Crippen molar-refractivity contribution in [2.24, 2.45) is 29.6 Å². The number of benzene rings is 1. The maximum atomic E-state index is 10.5. The number of allylic oxidation sites excluding steroid dienone is 3. The first-order valence-electron chi connectivity index (χ1n) is 19.3. The molecule has 0 radical (unpaired) electrons. The van der Waals surface area contributed by atoms with Crippen LogP contribution >= 0.6 is 11.8 Å². The molecule has 4 unspecified atom stereocenters. The third-order valence-corrected chi connectivity index (χ3v) is 23.6. The second kappa shape index (κ2) is 15.2. The van der Waals surface area contributed by atoms with Crippen LogP contribution in [-0.4, -0.2) is 39.7 Å². The molecule has 4 rings (SSSR count). The fourth-order valence-electron chi connectivity index (χ4n) is 7.96. The Kier molecular flexibility index (Phi) is 12.7. The first-order chi connectivity index (χ1) is 22.4. The summed E-state index contributed by atoms with van der Waals surface area (Å²) in [6.45, 7) is 36.9. The van der Waals surface area contributed by atoms with E-state index in [9.17, 15) is 5.11 Å². The van der Waals surface area contributed by atoms with Crippen molar-refractivity contribution < 1.29 is 14.0 Å². The fourth-order valence-corrected chi connectivity index (χ4v) is 11.6. The highest BCUT2D eigenvalue weighted by Crippen LogP contribution is 2.54. The van der Waals surface area contributed by atoms with Crippen LogP contribution in [0.4, 0.5) is 0 Å². The molecule has 1 aromatic carbocycles. The van der Waals surface area contributed by atoms with Crippen LogP contribution in [0, 0.1) is 29.6 Å². The Hall–Kier alpha value is -0.896. The molecular weight excluding hydrogens is 653 g/mol. The van der Waals surface area contributed by atoms with Crippen LogP contribution in [0.15, 0.2) is 64.6 Å². The summed E-state index contributed by atoms with van der Waals surface area (Å²) in [7, 11) is -3.98. The van der Waals surface area contributed by atoms with Crippen molar-refractivity contribution in [2.75, 3.05) is 5.75 Å². The van der Waals surface area contributed by atoms with Gasteiger partial charge in [-0.3, -0.25) is 0 Å².